The highest BCUT2D eigenvalue weighted by atomic mass is 32.1. The van der Waals surface area contributed by atoms with Gasteiger partial charge in [0, 0.05) is 34.3 Å². The zero-order chi connectivity index (χ0) is 18.1. The van der Waals surface area contributed by atoms with Gasteiger partial charge in [-0.1, -0.05) is 50.8 Å². The summed E-state index contributed by atoms with van der Waals surface area (Å²) in [5.41, 5.74) is 4.61. The van der Waals surface area contributed by atoms with E-state index in [1.54, 1.807) is 17.5 Å². The van der Waals surface area contributed by atoms with Crippen molar-refractivity contribution in [2.45, 2.75) is 26.2 Å². The molecule has 4 rings (SSSR count). The Morgan fingerprint density at radius 3 is 2.62 bits per heavy atom. The third kappa shape index (κ3) is 3.26. The fourth-order valence-corrected chi connectivity index (χ4v) is 3.47. The maximum Gasteiger partial charge on any atom is 0.160 e. The fourth-order valence-electron chi connectivity index (χ4n) is 2.69. The molecule has 0 aliphatic rings. The van der Waals surface area contributed by atoms with E-state index in [-0.39, 0.29) is 5.41 Å². The second-order valence-electron chi connectivity index (χ2n) is 7.11. The number of hydrogen-bond acceptors (Lipinski definition) is 3. The Balaban J connectivity index is 1.69. The van der Waals surface area contributed by atoms with Gasteiger partial charge in [0.2, 0.25) is 0 Å². The van der Waals surface area contributed by atoms with Crippen molar-refractivity contribution < 1.29 is 0 Å². The summed E-state index contributed by atoms with van der Waals surface area (Å²) < 4.78 is 1.93. The molecule has 4 aromatic rings. The first kappa shape index (κ1) is 16.6. The number of hydrogen-bond donors (Lipinski definition) is 0. The van der Waals surface area contributed by atoms with Crippen LogP contribution in [0.4, 0.5) is 0 Å². The predicted molar refractivity (Wildman–Crippen MR) is 106 cm³/mol. The van der Waals surface area contributed by atoms with Crippen LogP contribution in [0.1, 0.15) is 37.6 Å². The number of thiophene rings is 1. The minimum Gasteiger partial charge on any atom is -0.294 e. The average molecular weight is 356 g/mol. The van der Waals surface area contributed by atoms with E-state index in [4.69, 9.17) is 4.98 Å². The van der Waals surface area contributed by atoms with E-state index in [1.807, 2.05) is 40.9 Å². The summed E-state index contributed by atoms with van der Waals surface area (Å²) in [4.78, 5) is 10.4. The highest BCUT2D eigenvalue weighted by molar-refractivity contribution is 7.13. The summed E-state index contributed by atoms with van der Waals surface area (Å²) >= 11 is 1.64. The van der Waals surface area contributed by atoms with Gasteiger partial charge < -0.3 is 0 Å². The van der Waals surface area contributed by atoms with Crippen molar-refractivity contribution in [3.05, 3.63) is 77.2 Å². The van der Waals surface area contributed by atoms with Gasteiger partial charge in [-0.3, -0.25) is 9.38 Å². The molecule has 0 spiro atoms. The summed E-state index contributed by atoms with van der Waals surface area (Å²) in [5.74, 6) is 6.41. The summed E-state index contributed by atoms with van der Waals surface area (Å²) in [5, 5.41) is 2.06. The van der Waals surface area contributed by atoms with Gasteiger partial charge in [-0.2, -0.15) is 0 Å². The Hall–Kier alpha value is -2.90. The Morgan fingerprint density at radius 2 is 1.85 bits per heavy atom. The van der Waals surface area contributed by atoms with Crippen LogP contribution >= 0.6 is 11.3 Å². The highest BCUT2D eigenvalue weighted by Gasteiger charge is 2.21. The molecule has 0 saturated carbocycles. The van der Waals surface area contributed by atoms with E-state index in [9.17, 15) is 0 Å². The fraction of sp³-hybridized carbons (Fsp3) is 0.182. The number of imidazole rings is 1. The van der Waals surface area contributed by atoms with Crippen LogP contribution in [-0.4, -0.2) is 14.4 Å². The minimum atomic E-state index is -0.0687. The standard InChI is InChI=1S/C22H18N3S/c1-22(2,3)20-21-24-18(14-25(21)12-11-23-20)19-13-17(15-26-19)10-9-16-7-5-4-6-8-16/h4-8,11-13,15H,1-3H3. The third-order valence-electron chi connectivity index (χ3n) is 3.97. The Kier molecular flexibility index (Phi) is 4.10. The molecule has 1 radical (unpaired) electrons. The van der Waals surface area contributed by atoms with E-state index < -0.39 is 0 Å². The summed E-state index contributed by atoms with van der Waals surface area (Å²) in [6, 6.07) is 12.1. The lowest BCUT2D eigenvalue weighted by atomic mass is 9.92. The summed E-state index contributed by atoms with van der Waals surface area (Å²) in [7, 11) is 0. The zero-order valence-electron chi connectivity index (χ0n) is 14.9. The molecule has 26 heavy (non-hydrogen) atoms. The van der Waals surface area contributed by atoms with Crippen LogP contribution in [-0.2, 0) is 5.41 Å². The van der Waals surface area contributed by atoms with E-state index in [2.05, 4.69) is 55.2 Å². The summed E-state index contributed by atoms with van der Waals surface area (Å²) in [6.07, 6.45) is 7.04. The molecule has 0 fully saturated rings. The lowest BCUT2D eigenvalue weighted by Gasteiger charge is -2.17. The van der Waals surface area contributed by atoms with E-state index >= 15 is 0 Å². The maximum atomic E-state index is 4.79. The molecule has 0 unspecified atom stereocenters. The predicted octanol–water partition coefficient (Wildman–Crippen LogP) is 4.96. The van der Waals surface area contributed by atoms with Gasteiger partial charge in [-0.05, 0) is 18.2 Å². The second-order valence-corrected chi connectivity index (χ2v) is 8.02. The molecule has 0 aliphatic carbocycles. The third-order valence-corrected chi connectivity index (χ3v) is 4.91. The lowest BCUT2D eigenvalue weighted by molar-refractivity contribution is 0.570. The van der Waals surface area contributed by atoms with E-state index in [1.165, 1.54) is 0 Å². The van der Waals surface area contributed by atoms with Crippen LogP contribution in [0, 0.1) is 18.0 Å². The second kappa shape index (κ2) is 6.44. The Morgan fingerprint density at radius 1 is 1.08 bits per heavy atom. The molecule has 4 heteroatoms. The van der Waals surface area contributed by atoms with Crippen molar-refractivity contribution in [2.24, 2.45) is 0 Å². The minimum absolute atomic E-state index is 0.0687. The molecule has 3 nitrogen and oxygen atoms in total. The molecular formula is C22H18N3S. The van der Waals surface area contributed by atoms with Gasteiger partial charge in [-0.25, -0.2) is 4.98 Å². The van der Waals surface area contributed by atoms with Gasteiger partial charge >= 0.3 is 0 Å². The van der Waals surface area contributed by atoms with Crippen molar-refractivity contribution in [1.82, 2.24) is 14.4 Å². The quantitative estimate of drug-likeness (QED) is 0.452. The van der Waals surface area contributed by atoms with Gasteiger partial charge in [-0.15, -0.1) is 11.3 Å². The first-order chi connectivity index (χ1) is 12.5. The summed E-state index contributed by atoms with van der Waals surface area (Å²) in [6.45, 7) is 6.43. The number of aromatic nitrogens is 3. The largest absolute Gasteiger partial charge is 0.294 e. The van der Waals surface area contributed by atoms with Gasteiger partial charge in [0.05, 0.1) is 10.6 Å². The van der Waals surface area contributed by atoms with Gasteiger partial charge in [0.25, 0.3) is 0 Å². The molecule has 127 valence electrons. The number of rotatable bonds is 1. The Labute approximate surface area is 157 Å². The van der Waals surface area contributed by atoms with E-state index in [0.29, 0.717) is 0 Å². The molecule has 0 bridgehead atoms. The van der Waals surface area contributed by atoms with Gasteiger partial charge in [0.15, 0.2) is 5.65 Å². The molecule has 0 N–H and O–H groups in total. The van der Waals surface area contributed by atoms with Crippen molar-refractivity contribution in [3.63, 3.8) is 0 Å². The van der Waals surface area contributed by atoms with Gasteiger partial charge in [0.1, 0.15) is 11.9 Å². The number of benzene rings is 1. The first-order valence-corrected chi connectivity index (χ1v) is 9.31. The zero-order valence-corrected chi connectivity index (χ0v) is 15.8. The van der Waals surface area contributed by atoms with Crippen LogP contribution in [0.25, 0.3) is 16.2 Å². The highest BCUT2D eigenvalue weighted by Crippen LogP contribution is 2.29. The van der Waals surface area contributed by atoms with Crippen LogP contribution < -0.4 is 0 Å². The molecule has 1 aromatic carbocycles. The van der Waals surface area contributed by atoms with Crippen molar-refractivity contribution >= 4 is 17.0 Å². The molecular weight excluding hydrogens is 338 g/mol. The number of nitrogens with zero attached hydrogens (tertiary/aromatic N) is 3. The van der Waals surface area contributed by atoms with Crippen LogP contribution in [0.15, 0.2) is 54.2 Å². The molecule has 3 aromatic heterocycles. The monoisotopic (exact) mass is 356 g/mol. The molecule has 3 heterocycles. The van der Waals surface area contributed by atoms with Crippen molar-refractivity contribution in [3.8, 4) is 22.4 Å². The van der Waals surface area contributed by atoms with Crippen LogP contribution in [0.2, 0.25) is 0 Å². The Bertz CT molecular complexity index is 1120. The molecule has 0 amide bonds. The van der Waals surface area contributed by atoms with Crippen LogP contribution in [0.5, 0.6) is 0 Å². The average Bonchev–Trinajstić information content (AvgIpc) is 3.26. The SMILES string of the molecule is CC(C)(C)c1nccn2[c]c(-c3cc(C#Cc4ccccc4)cs3)nc12. The smallest absolute Gasteiger partial charge is 0.160 e. The lowest BCUT2D eigenvalue weighted by Crippen LogP contribution is -2.15. The molecule has 0 atom stereocenters. The first-order valence-electron chi connectivity index (χ1n) is 8.43. The van der Waals surface area contributed by atoms with Crippen molar-refractivity contribution in [2.75, 3.05) is 0 Å². The van der Waals surface area contributed by atoms with E-state index in [0.717, 1.165) is 33.0 Å². The normalized spacial score (nSPS) is 11.3. The topological polar surface area (TPSA) is 30.2 Å². The van der Waals surface area contributed by atoms with Crippen LogP contribution in [0.3, 0.4) is 0 Å². The molecule has 0 saturated heterocycles. The number of fused-ring (bicyclic) bond motifs is 1. The van der Waals surface area contributed by atoms with Crippen molar-refractivity contribution in [1.29, 1.82) is 0 Å². The maximum absolute atomic E-state index is 4.79. The molecule has 0 aliphatic heterocycles.